The molecule has 2 saturated heterocycles. The van der Waals surface area contributed by atoms with Crippen molar-refractivity contribution >= 4 is 11.9 Å². The van der Waals surface area contributed by atoms with E-state index in [4.69, 9.17) is 28.4 Å². The molecule has 0 amide bonds. The van der Waals surface area contributed by atoms with Gasteiger partial charge >= 0.3 is 11.9 Å². The van der Waals surface area contributed by atoms with Crippen molar-refractivity contribution in [1.82, 2.24) is 0 Å². The standard InChI is InChI=1S/C52H90O15/c1-3-5-7-9-11-13-15-16-17-18-19-20-21-22-23-24-25-27-28-30-32-34-43(54)62-37-40(65-44(55)35-33-31-29-26-14-12-10-8-6-4-2)38-63-51-50(61)48(59)46(57)42(67-51)39-64-52-49(60)47(58)45(56)41(36-53)66-52/h17-18,20-21,23-24,27-28,40-42,45-53,56-61H,3-16,19,22,25-26,29-39H2,1-2H3/b18-17+,21-20+,24-23+,28-27+/t40-,41+,42+,45-,46-,47?,48?,49?,50?,51+,52+/m1/s1. The highest BCUT2D eigenvalue weighted by molar-refractivity contribution is 5.70. The summed E-state index contributed by atoms with van der Waals surface area (Å²) in [6.07, 6.45) is 25.9. The second-order valence-electron chi connectivity index (χ2n) is 18.0. The Morgan fingerprint density at radius 2 is 0.910 bits per heavy atom. The monoisotopic (exact) mass is 955 g/mol. The smallest absolute Gasteiger partial charge is 0.306 e. The largest absolute Gasteiger partial charge is 0.462 e. The lowest BCUT2D eigenvalue weighted by atomic mass is 9.98. The molecular weight excluding hydrogens is 865 g/mol. The number of allylic oxidation sites excluding steroid dienone is 8. The zero-order chi connectivity index (χ0) is 48.9. The maximum atomic E-state index is 12.9. The average Bonchev–Trinajstić information content (AvgIpc) is 3.32. The van der Waals surface area contributed by atoms with Crippen LogP contribution >= 0.6 is 0 Å². The van der Waals surface area contributed by atoms with Crippen LogP contribution in [0.1, 0.15) is 174 Å². The van der Waals surface area contributed by atoms with Gasteiger partial charge in [-0.2, -0.15) is 0 Å². The maximum Gasteiger partial charge on any atom is 0.306 e. The SMILES string of the molecule is CCCCCCCCC/C=C/C/C=C/C/C=C/C/C=C/CCCC(=O)OC[C@H](CO[C@H]1O[C@@H](CO[C@H]2O[C@@H](CO)[C@@H](O)C(O)C2O)[C@@H](O)C(O)C1O)OC(=O)CCCCCCCCCCCC. The van der Waals surface area contributed by atoms with Gasteiger partial charge in [-0.05, 0) is 51.4 Å². The van der Waals surface area contributed by atoms with E-state index in [1.54, 1.807) is 0 Å². The lowest BCUT2D eigenvalue weighted by Gasteiger charge is -2.42. The number of aliphatic hydroxyl groups is 7. The number of esters is 2. The second kappa shape index (κ2) is 39.2. The molecule has 0 aromatic heterocycles. The van der Waals surface area contributed by atoms with Crippen LogP contribution < -0.4 is 0 Å². The number of carbonyl (C=O) groups excluding carboxylic acids is 2. The topological polar surface area (TPSA) is 231 Å². The fourth-order valence-electron chi connectivity index (χ4n) is 7.80. The highest BCUT2D eigenvalue weighted by Gasteiger charge is 2.47. The van der Waals surface area contributed by atoms with E-state index < -0.39 is 99.3 Å². The van der Waals surface area contributed by atoms with Crippen LogP contribution in [0.3, 0.4) is 0 Å². The lowest BCUT2D eigenvalue weighted by molar-refractivity contribution is -0.332. The second-order valence-corrected chi connectivity index (χ2v) is 18.0. The molecule has 0 aromatic rings. The van der Waals surface area contributed by atoms with Gasteiger partial charge in [-0.1, -0.05) is 159 Å². The minimum atomic E-state index is -1.77. The molecule has 11 atom stereocenters. The molecule has 2 heterocycles. The third-order valence-electron chi connectivity index (χ3n) is 12.1. The van der Waals surface area contributed by atoms with E-state index in [2.05, 4.69) is 56.4 Å². The van der Waals surface area contributed by atoms with Crippen molar-refractivity contribution in [3.8, 4) is 0 Å². The van der Waals surface area contributed by atoms with E-state index in [0.29, 0.717) is 19.3 Å². The van der Waals surface area contributed by atoms with Gasteiger partial charge in [0.1, 0.15) is 55.4 Å². The number of unbranched alkanes of at least 4 members (excludes halogenated alkanes) is 17. The van der Waals surface area contributed by atoms with E-state index in [-0.39, 0.29) is 19.4 Å². The molecule has 2 fully saturated rings. The molecule has 15 nitrogen and oxygen atoms in total. The number of hydrogen-bond acceptors (Lipinski definition) is 15. The molecule has 0 saturated carbocycles. The Balaban J connectivity index is 1.80. The van der Waals surface area contributed by atoms with Gasteiger partial charge in [0, 0.05) is 12.8 Å². The third kappa shape index (κ3) is 27.4. The minimum Gasteiger partial charge on any atom is -0.462 e. The molecular formula is C52H90O15. The zero-order valence-corrected chi connectivity index (χ0v) is 40.9. The van der Waals surface area contributed by atoms with E-state index in [0.717, 1.165) is 44.9 Å². The van der Waals surface area contributed by atoms with Crippen LogP contribution in [0.15, 0.2) is 48.6 Å². The van der Waals surface area contributed by atoms with Crippen molar-refractivity contribution in [2.75, 3.05) is 26.4 Å². The fourth-order valence-corrected chi connectivity index (χ4v) is 7.80. The molecule has 15 heteroatoms. The number of hydrogen-bond donors (Lipinski definition) is 7. The summed E-state index contributed by atoms with van der Waals surface area (Å²) in [6, 6.07) is 0. The highest BCUT2D eigenvalue weighted by atomic mass is 16.7. The summed E-state index contributed by atoms with van der Waals surface area (Å²) in [5.74, 6) is -0.992. The molecule has 7 N–H and O–H groups in total. The minimum absolute atomic E-state index is 0.142. The molecule has 0 radical (unpaired) electrons. The van der Waals surface area contributed by atoms with Gasteiger partial charge < -0.3 is 64.2 Å². The van der Waals surface area contributed by atoms with E-state index in [9.17, 15) is 45.3 Å². The normalized spacial score (nSPS) is 26.3. The predicted octanol–water partition coefficient (Wildman–Crippen LogP) is 7.10. The number of carbonyl (C=O) groups is 2. The molecule has 67 heavy (non-hydrogen) atoms. The Labute approximate surface area is 401 Å². The summed E-state index contributed by atoms with van der Waals surface area (Å²) in [4.78, 5) is 25.7. The van der Waals surface area contributed by atoms with Gasteiger partial charge in [-0.15, -0.1) is 0 Å². The first kappa shape index (κ1) is 60.6. The van der Waals surface area contributed by atoms with Gasteiger partial charge in [0.2, 0.25) is 0 Å². The van der Waals surface area contributed by atoms with E-state index in [1.165, 1.54) is 83.5 Å². The molecule has 2 aliphatic heterocycles. The fraction of sp³-hybridized carbons (Fsp3) is 0.808. The molecule has 0 aliphatic carbocycles. The lowest BCUT2D eigenvalue weighted by Crippen LogP contribution is -2.61. The van der Waals surface area contributed by atoms with Crippen LogP contribution in [0.4, 0.5) is 0 Å². The Morgan fingerprint density at radius 3 is 1.45 bits per heavy atom. The molecule has 0 spiro atoms. The highest BCUT2D eigenvalue weighted by Crippen LogP contribution is 2.26. The van der Waals surface area contributed by atoms with Crippen molar-refractivity contribution in [3.63, 3.8) is 0 Å². The van der Waals surface area contributed by atoms with Crippen LogP contribution in [-0.4, -0.2) is 142 Å². The Morgan fingerprint density at radius 1 is 0.478 bits per heavy atom. The number of ether oxygens (including phenoxy) is 6. The first-order valence-corrected chi connectivity index (χ1v) is 25.7. The van der Waals surface area contributed by atoms with Gasteiger partial charge in [0.05, 0.1) is 19.8 Å². The van der Waals surface area contributed by atoms with Crippen molar-refractivity contribution in [1.29, 1.82) is 0 Å². The van der Waals surface area contributed by atoms with Crippen LogP contribution in [0.25, 0.3) is 0 Å². The quantitative estimate of drug-likeness (QED) is 0.0185. The summed E-state index contributed by atoms with van der Waals surface area (Å²) in [5, 5.41) is 72.0. The van der Waals surface area contributed by atoms with Crippen molar-refractivity contribution in [2.24, 2.45) is 0 Å². The Hall–Kier alpha value is -2.54. The summed E-state index contributed by atoms with van der Waals surface area (Å²) < 4.78 is 33.4. The third-order valence-corrected chi connectivity index (χ3v) is 12.1. The first-order chi connectivity index (χ1) is 32.5. The summed E-state index contributed by atoms with van der Waals surface area (Å²) in [7, 11) is 0. The summed E-state index contributed by atoms with van der Waals surface area (Å²) in [5.41, 5.74) is 0. The first-order valence-electron chi connectivity index (χ1n) is 25.7. The molecule has 2 aliphatic rings. The van der Waals surface area contributed by atoms with Crippen molar-refractivity contribution in [3.05, 3.63) is 48.6 Å². The molecule has 0 aromatic carbocycles. The van der Waals surface area contributed by atoms with Gasteiger partial charge in [-0.3, -0.25) is 9.59 Å². The van der Waals surface area contributed by atoms with E-state index in [1.807, 2.05) is 6.08 Å². The molecule has 0 bridgehead atoms. The summed E-state index contributed by atoms with van der Waals surface area (Å²) >= 11 is 0. The number of rotatable bonds is 39. The van der Waals surface area contributed by atoms with Crippen LogP contribution in [-0.2, 0) is 38.0 Å². The van der Waals surface area contributed by atoms with Crippen LogP contribution in [0, 0.1) is 0 Å². The molecule has 388 valence electrons. The zero-order valence-electron chi connectivity index (χ0n) is 40.9. The Kier molecular flexibility index (Phi) is 35.5. The van der Waals surface area contributed by atoms with Gasteiger partial charge in [-0.25, -0.2) is 0 Å². The van der Waals surface area contributed by atoms with Crippen LogP contribution in [0.2, 0.25) is 0 Å². The predicted molar refractivity (Wildman–Crippen MR) is 257 cm³/mol. The summed E-state index contributed by atoms with van der Waals surface area (Å²) in [6.45, 7) is 2.50. The van der Waals surface area contributed by atoms with E-state index >= 15 is 0 Å². The average molecular weight is 955 g/mol. The van der Waals surface area contributed by atoms with Crippen molar-refractivity contribution < 1.29 is 73.8 Å². The van der Waals surface area contributed by atoms with Gasteiger partial charge in [0.15, 0.2) is 18.7 Å². The maximum absolute atomic E-state index is 12.9. The molecule has 2 rings (SSSR count). The van der Waals surface area contributed by atoms with Crippen LogP contribution in [0.5, 0.6) is 0 Å². The Bertz CT molecular complexity index is 1350. The van der Waals surface area contributed by atoms with Gasteiger partial charge in [0.25, 0.3) is 0 Å². The number of aliphatic hydroxyl groups excluding tert-OH is 7. The molecule has 4 unspecified atom stereocenters. The van der Waals surface area contributed by atoms with Crippen molar-refractivity contribution in [2.45, 2.75) is 242 Å².